The summed E-state index contributed by atoms with van der Waals surface area (Å²) in [6.07, 6.45) is -3.97. The predicted molar refractivity (Wildman–Crippen MR) is 134 cm³/mol. The summed E-state index contributed by atoms with van der Waals surface area (Å²) in [6, 6.07) is 23.8. The molecule has 1 N–H and O–H groups in total. The maximum absolute atomic E-state index is 14.0. The van der Waals surface area contributed by atoms with E-state index in [1.807, 2.05) is 17.0 Å². The lowest BCUT2D eigenvalue weighted by molar-refractivity contribution is -0.137. The van der Waals surface area contributed by atoms with Gasteiger partial charge in [-0.05, 0) is 72.6 Å². The molecule has 0 amide bonds. The highest BCUT2D eigenvalue weighted by Gasteiger charge is 2.31. The second-order valence-corrected chi connectivity index (χ2v) is 9.04. The van der Waals surface area contributed by atoms with Crippen LogP contribution in [0.2, 0.25) is 0 Å². The van der Waals surface area contributed by atoms with Crippen LogP contribution in [0, 0.1) is 5.82 Å². The molecule has 4 aromatic rings. The Morgan fingerprint density at radius 1 is 0.972 bits per heavy atom. The second-order valence-electron chi connectivity index (χ2n) is 9.04. The van der Waals surface area contributed by atoms with Crippen LogP contribution in [0.1, 0.15) is 30.5 Å². The number of rotatable bonds is 6. The van der Waals surface area contributed by atoms with Crippen LogP contribution in [0.25, 0.3) is 10.8 Å². The fourth-order valence-electron chi connectivity index (χ4n) is 4.74. The van der Waals surface area contributed by atoms with E-state index in [4.69, 9.17) is 4.74 Å². The van der Waals surface area contributed by atoms with Crippen LogP contribution in [-0.4, -0.2) is 19.2 Å². The molecule has 0 saturated carbocycles. The zero-order chi connectivity index (χ0) is 25.3. The molecule has 0 fully saturated rings. The van der Waals surface area contributed by atoms with Crippen LogP contribution < -0.4 is 15.0 Å². The Kier molecular flexibility index (Phi) is 6.58. The average molecular weight is 495 g/mol. The topological polar surface area (TPSA) is 24.5 Å². The largest absolute Gasteiger partial charge is 0.486 e. The highest BCUT2D eigenvalue weighted by molar-refractivity contribution is 5.86. The highest BCUT2D eigenvalue weighted by Crippen LogP contribution is 2.40. The molecule has 0 saturated heterocycles. The number of halogens is 4. The SMILES string of the molecule is CC(NCCC1CN(c2ccc(C(F)(F)F)cc2)c2cc(F)ccc2O1)c1cccc2ccccc12. The molecular weight excluding hydrogens is 468 g/mol. The van der Waals surface area contributed by atoms with Crippen molar-refractivity contribution in [3.63, 3.8) is 0 Å². The summed E-state index contributed by atoms with van der Waals surface area (Å²) in [6.45, 7) is 3.19. The Hall–Kier alpha value is -3.58. The summed E-state index contributed by atoms with van der Waals surface area (Å²) >= 11 is 0. The molecule has 0 radical (unpaired) electrons. The van der Waals surface area contributed by atoms with E-state index >= 15 is 0 Å². The summed E-state index contributed by atoms with van der Waals surface area (Å²) in [4.78, 5) is 1.82. The number of nitrogens with one attached hydrogen (secondary N) is 1. The Morgan fingerprint density at radius 2 is 1.72 bits per heavy atom. The van der Waals surface area contributed by atoms with Gasteiger partial charge in [-0.3, -0.25) is 0 Å². The fourth-order valence-corrected chi connectivity index (χ4v) is 4.74. The van der Waals surface area contributed by atoms with Crippen molar-refractivity contribution in [3.8, 4) is 5.75 Å². The summed E-state index contributed by atoms with van der Waals surface area (Å²) in [5, 5.41) is 5.96. The van der Waals surface area contributed by atoms with E-state index in [1.165, 1.54) is 40.6 Å². The lowest BCUT2D eigenvalue weighted by Crippen LogP contribution is -2.39. The molecular formula is C29H26F4N2O. The monoisotopic (exact) mass is 494 g/mol. The first-order valence-corrected chi connectivity index (χ1v) is 11.9. The van der Waals surface area contributed by atoms with Gasteiger partial charge in [-0.1, -0.05) is 42.5 Å². The van der Waals surface area contributed by atoms with Gasteiger partial charge < -0.3 is 15.0 Å². The minimum atomic E-state index is -4.41. The second kappa shape index (κ2) is 9.82. The molecule has 0 spiro atoms. The molecule has 7 heteroatoms. The molecule has 4 aromatic carbocycles. The van der Waals surface area contributed by atoms with E-state index in [9.17, 15) is 17.6 Å². The van der Waals surface area contributed by atoms with E-state index in [0.29, 0.717) is 36.6 Å². The van der Waals surface area contributed by atoms with E-state index in [-0.39, 0.29) is 12.1 Å². The van der Waals surface area contributed by atoms with Crippen molar-refractivity contribution >= 4 is 22.1 Å². The minimum absolute atomic E-state index is 0.118. The number of ether oxygens (including phenoxy) is 1. The molecule has 2 unspecified atom stereocenters. The maximum atomic E-state index is 14.0. The molecule has 5 rings (SSSR count). The average Bonchev–Trinajstić information content (AvgIpc) is 2.87. The molecule has 186 valence electrons. The Balaban J connectivity index is 1.31. The first-order chi connectivity index (χ1) is 17.3. The number of hydrogen-bond acceptors (Lipinski definition) is 3. The number of benzene rings is 4. The Bertz CT molecular complexity index is 1350. The van der Waals surface area contributed by atoms with Crippen LogP contribution in [0.3, 0.4) is 0 Å². The lowest BCUT2D eigenvalue weighted by atomic mass is 9.99. The van der Waals surface area contributed by atoms with Gasteiger partial charge in [-0.2, -0.15) is 13.2 Å². The predicted octanol–water partition coefficient (Wildman–Crippen LogP) is 7.64. The molecule has 0 aliphatic carbocycles. The highest BCUT2D eigenvalue weighted by atomic mass is 19.4. The van der Waals surface area contributed by atoms with Crippen molar-refractivity contribution in [1.29, 1.82) is 0 Å². The molecule has 0 aromatic heterocycles. The number of alkyl halides is 3. The molecule has 3 nitrogen and oxygen atoms in total. The van der Waals surface area contributed by atoms with E-state index in [0.717, 1.165) is 12.1 Å². The molecule has 36 heavy (non-hydrogen) atoms. The van der Waals surface area contributed by atoms with Gasteiger partial charge in [0.1, 0.15) is 17.7 Å². The third-order valence-corrected chi connectivity index (χ3v) is 6.60. The fraction of sp³-hybridized carbons (Fsp3) is 0.241. The van der Waals surface area contributed by atoms with Gasteiger partial charge in [0.15, 0.2) is 0 Å². The van der Waals surface area contributed by atoms with E-state index in [1.54, 1.807) is 6.07 Å². The molecule has 2 atom stereocenters. The quantitative estimate of drug-likeness (QED) is 0.279. The van der Waals surface area contributed by atoms with Gasteiger partial charge in [0.25, 0.3) is 0 Å². The van der Waals surface area contributed by atoms with Crippen molar-refractivity contribution in [2.24, 2.45) is 0 Å². The van der Waals surface area contributed by atoms with Gasteiger partial charge in [-0.25, -0.2) is 4.39 Å². The molecule has 1 heterocycles. The van der Waals surface area contributed by atoms with Crippen LogP contribution in [0.5, 0.6) is 5.75 Å². The van der Waals surface area contributed by atoms with E-state index in [2.05, 4.69) is 42.6 Å². The van der Waals surface area contributed by atoms with Gasteiger partial charge in [0, 0.05) is 17.8 Å². The van der Waals surface area contributed by atoms with Crippen molar-refractivity contribution in [2.75, 3.05) is 18.0 Å². The first-order valence-electron chi connectivity index (χ1n) is 11.9. The standard InChI is InChI=1S/C29H26F4N2O/c1-19(25-8-4-6-20-5-2-3-7-26(20)25)34-16-15-24-18-35(27-17-22(30)11-14-28(27)36-24)23-12-9-21(10-13-23)29(31,32)33/h2-14,17,19,24,34H,15-16,18H2,1H3. The number of nitrogens with zero attached hydrogens (tertiary/aromatic N) is 1. The zero-order valence-corrected chi connectivity index (χ0v) is 19.7. The van der Waals surface area contributed by atoms with Gasteiger partial charge in [-0.15, -0.1) is 0 Å². The number of fused-ring (bicyclic) bond motifs is 2. The van der Waals surface area contributed by atoms with Crippen molar-refractivity contribution < 1.29 is 22.3 Å². The summed E-state index contributed by atoms with van der Waals surface area (Å²) in [5.74, 6) is 0.0768. The maximum Gasteiger partial charge on any atom is 0.416 e. The van der Waals surface area contributed by atoms with Crippen molar-refractivity contribution in [2.45, 2.75) is 31.7 Å². The third-order valence-electron chi connectivity index (χ3n) is 6.60. The van der Waals surface area contributed by atoms with Crippen LogP contribution in [0.15, 0.2) is 84.9 Å². The van der Waals surface area contributed by atoms with Gasteiger partial charge in [0.05, 0.1) is 17.8 Å². The zero-order valence-electron chi connectivity index (χ0n) is 19.7. The molecule has 1 aliphatic rings. The van der Waals surface area contributed by atoms with Crippen LogP contribution in [-0.2, 0) is 6.18 Å². The van der Waals surface area contributed by atoms with Crippen molar-refractivity contribution in [3.05, 3.63) is 102 Å². The lowest BCUT2D eigenvalue weighted by Gasteiger charge is -2.36. The van der Waals surface area contributed by atoms with Crippen LogP contribution in [0.4, 0.5) is 28.9 Å². The van der Waals surface area contributed by atoms with Gasteiger partial charge >= 0.3 is 6.18 Å². The first kappa shape index (κ1) is 24.1. The normalized spacial score (nSPS) is 16.5. The summed E-state index contributed by atoms with van der Waals surface area (Å²) in [7, 11) is 0. The smallest absolute Gasteiger partial charge is 0.416 e. The Labute approximate surface area is 207 Å². The minimum Gasteiger partial charge on any atom is -0.486 e. The summed E-state index contributed by atoms with van der Waals surface area (Å²) in [5.41, 5.74) is 1.55. The summed E-state index contributed by atoms with van der Waals surface area (Å²) < 4.78 is 59.3. The number of hydrogen-bond donors (Lipinski definition) is 1. The Morgan fingerprint density at radius 3 is 2.50 bits per heavy atom. The number of anilines is 2. The van der Waals surface area contributed by atoms with Crippen molar-refractivity contribution in [1.82, 2.24) is 5.32 Å². The molecule has 1 aliphatic heterocycles. The van der Waals surface area contributed by atoms with E-state index < -0.39 is 17.6 Å². The third kappa shape index (κ3) is 5.02. The molecule has 0 bridgehead atoms. The van der Waals surface area contributed by atoms with Crippen LogP contribution >= 0.6 is 0 Å². The van der Waals surface area contributed by atoms with Gasteiger partial charge in [0.2, 0.25) is 0 Å².